The van der Waals surface area contributed by atoms with Crippen LogP contribution in [0.2, 0.25) is 0 Å². The summed E-state index contributed by atoms with van der Waals surface area (Å²) in [5.41, 5.74) is -1.92. The first-order chi connectivity index (χ1) is 10.5. The van der Waals surface area contributed by atoms with Gasteiger partial charge in [0.1, 0.15) is 5.60 Å². The number of amides is 1. The molecule has 0 unspecified atom stereocenters. The van der Waals surface area contributed by atoms with Gasteiger partial charge in [0.2, 0.25) is 0 Å². The van der Waals surface area contributed by atoms with Crippen LogP contribution in [0.5, 0.6) is 0 Å². The summed E-state index contributed by atoms with van der Waals surface area (Å²) in [4.78, 5) is 23.3. The topological polar surface area (TPSA) is 55.4 Å². The van der Waals surface area contributed by atoms with Gasteiger partial charge in [0.15, 0.2) is 5.78 Å². The van der Waals surface area contributed by atoms with Crippen molar-refractivity contribution >= 4 is 11.9 Å². The van der Waals surface area contributed by atoms with Crippen molar-refractivity contribution in [1.29, 1.82) is 0 Å². The monoisotopic (exact) mass is 331 g/mol. The maximum atomic E-state index is 12.8. The Morgan fingerprint density at radius 1 is 1.13 bits per heavy atom. The van der Waals surface area contributed by atoms with E-state index in [1.54, 1.807) is 20.8 Å². The molecule has 0 aromatic heterocycles. The second-order valence-electron chi connectivity index (χ2n) is 6.00. The first-order valence-corrected chi connectivity index (χ1v) is 7.17. The first kappa shape index (κ1) is 19.0. The molecule has 0 saturated carbocycles. The number of nitrogens with one attached hydrogen (secondary N) is 1. The molecular weight excluding hydrogens is 311 g/mol. The molecule has 128 valence electrons. The van der Waals surface area contributed by atoms with Gasteiger partial charge in [-0.1, -0.05) is 18.2 Å². The maximum absolute atomic E-state index is 12.8. The van der Waals surface area contributed by atoms with Crippen LogP contribution >= 0.6 is 0 Å². The Morgan fingerprint density at radius 3 is 2.30 bits per heavy atom. The van der Waals surface area contributed by atoms with E-state index in [1.165, 1.54) is 12.1 Å². The van der Waals surface area contributed by atoms with Gasteiger partial charge < -0.3 is 10.1 Å². The number of carbonyl (C=O) groups is 2. The molecule has 7 heteroatoms. The molecule has 1 amide bonds. The molecule has 0 aliphatic carbocycles. The smallest absolute Gasteiger partial charge is 0.417 e. The molecule has 0 saturated heterocycles. The van der Waals surface area contributed by atoms with Crippen LogP contribution < -0.4 is 5.32 Å². The number of alkyl halides is 3. The van der Waals surface area contributed by atoms with Gasteiger partial charge >= 0.3 is 12.3 Å². The molecule has 0 radical (unpaired) electrons. The summed E-state index contributed by atoms with van der Waals surface area (Å²) < 4.78 is 43.5. The number of benzene rings is 1. The lowest BCUT2D eigenvalue weighted by Crippen LogP contribution is -2.33. The van der Waals surface area contributed by atoms with Crippen molar-refractivity contribution in [2.24, 2.45) is 0 Å². The van der Waals surface area contributed by atoms with Gasteiger partial charge in [0.05, 0.1) is 5.56 Å². The Kier molecular flexibility index (Phi) is 6.18. The minimum absolute atomic E-state index is 0.0944. The standard InChI is InChI=1S/C16H20F3NO3/c1-15(2,3)23-14(22)20-10-6-9-13(21)11-7-4-5-8-12(11)16(17,18)19/h4-5,7-8H,6,9-10H2,1-3H3,(H,20,22). The van der Waals surface area contributed by atoms with Gasteiger partial charge in [-0.25, -0.2) is 4.79 Å². The van der Waals surface area contributed by atoms with Crippen molar-refractivity contribution in [3.8, 4) is 0 Å². The normalized spacial score (nSPS) is 11.9. The number of ketones is 1. The zero-order valence-corrected chi connectivity index (χ0v) is 13.3. The maximum Gasteiger partial charge on any atom is 0.417 e. The number of hydrogen-bond donors (Lipinski definition) is 1. The molecule has 1 aromatic carbocycles. The van der Waals surface area contributed by atoms with Crippen LogP contribution in [0.15, 0.2) is 24.3 Å². The molecule has 0 aliphatic rings. The van der Waals surface area contributed by atoms with E-state index in [0.717, 1.165) is 12.1 Å². The summed E-state index contributed by atoms with van der Waals surface area (Å²) >= 11 is 0. The highest BCUT2D eigenvalue weighted by Crippen LogP contribution is 2.32. The van der Waals surface area contributed by atoms with Crippen LogP contribution in [0.1, 0.15) is 49.5 Å². The van der Waals surface area contributed by atoms with Crippen LogP contribution in [-0.2, 0) is 10.9 Å². The van der Waals surface area contributed by atoms with Crippen molar-refractivity contribution < 1.29 is 27.5 Å². The highest BCUT2D eigenvalue weighted by atomic mass is 19.4. The molecule has 0 atom stereocenters. The Morgan fingerprint density at radius 2 is 1.74 bits per heavy atom. The summed E-state index contributed by atoms with van der Waals surface area (Å²) in [6.07, 6.45) is -5.06. The van der Waals surface area contributed by atoms with E-state index < -0.39 is 29.2 Å². The molecule has 1 N–H and O–H groups in total. The zero-order chi connectivity index (χ0) is 17.7. The predicted molar refractivity (Wildman–Crippen MR) is 79.2 cm³/mol. The highest BCUT2D eigenvalue weighted by molar-refractivity contribution is 5.97. The van der Waals surface area contributed by atoms with Crippen molar-refractivity contribution in [1.82, 2.24) is 5.32 Å². The van der Waals surface area contributed by atoms with E-state index in [-0.39, 0.29) is 24.9 Å². The van der Waals surface area contributed by atoms with E-state index in [2.05, 4.69) is 5.32 Å². The van der Waals surface area contributed by atoms with Crippen molar-refractivity contribution in [3.05, 3.63) is 35.4 Å². The van der Waals surface area contributed by atoms with Crippen LogP contribution in [0.25, 0.3) is 0 Å². The number of carbonyl (C=O) groups excluding carboxylic acids is 2. The molecule has 0 bridgehead atoms. The molecular formula is C16H20F3NO3. The third kappa shape index (κ3) is 6.71. The number of ether oxygens (including phenoxy) is 1. The molecule has 4 nitrogen and oxygen atoms in total. The average Bonchev–Trinajstić information content (AvgIpc) is 2.40. The Balaban J connectivity index is 2.51. The lowest BCUT2D eigenvalue weighted by molar-refractivity contribution is -0.137. The summed E-state index contributed by atoms with van der Waals surface area (Å²) in [5, 5.41) is 2.46. The highest BCUT2D eigenvalue weighted by Gasteiger charge is 2.34. The predicted octanol–water partition coefficient (Wildman–Crippen LogP) is 4.19. The van der Waals surface area contributed by atoms with Gasteiger partial charge in [-0.2, -0.15) is 13.2 Å². The van der Waals surface area contributed by atoms with Crippen LogP contribution in [0.4, 0.5) is 18.0 Å². The quantitative estimate of drug-likeness (QED) is 0.650. The molecule has 0 aliphatic heterocycles. The summed E-state index contributed by atoms with van der Waals surface area (Å²) in [5.74, 6) is -0.607. The number of alkyl carbamates (subject to hydrolysis) is 1. The molecule has 0 spiro atoms. The third-order valence-electron chi connectivity index (χ3n) is 2.78. The fourth-order valence-corrected chi connectivity index (χ4v) is 1.86. The molecule has 0 heterocycles. The zero-order valence-electron chi connectivity index (χ0n) is 13.3. The molecule has 1 aromatic rings. The Labute approximate surface area is 133 Å². The average molecular weight is 331 g/mol. The van der Waals surface area contributed by atoms with Crippen molar-refractivity contribution in [2.45, 2.75) is 45.4 Å². The fourth-order valence-electron chi connectivity index (χ4n) is 1.86. The first-order valence-electron chi connectivity index (χ1n) is 7.17. The number of rotatable bonds is 5. The van der Waals surface area contributed by atoms with E-state index in [1.807, 2.05) is 0 Å². The minimum atomic E-state index is -4.57. The number of Topliss-reactive ketones (excluding diaryl/α,β-unsaturated/α-hetero) is 1. The second-order valence-corrected chi connectivity index (χ2v) is 6.00. The lowest BCUT2D eigenvalue weighted by Gasteiger charge is -2.19. The summed E-state index contributed by atoms with van der Waals surface area (Å²) in [6, 6.07) is 4.67. The second kappa shape index (κ2) is 7.48. The van der Waals surface area contributed by atoms with Gasteiger partial charge in [-0.05, 0) is 33.3 Å². The molecule has 1 rings (SSSR count). The fraction of sp³-hybridized carbons (Fsp3) is 0.500. The number of halogens is 3. The van der Waals surface area contributed by atoms with Crippen LogP contribution in [0, 0.1) is 0 Å². The van der Waals surface area contributed by atoms with Gasteiger partial charge in [0, 0.05) is 18.5 Å². The van der Waals surface area contributed by atoms with E-state index >= 15 is 0 Å². The lowest BCUT2D eigenvalue weighted by atomic mass is 10.0. The number of hydrogen-bond acceptors (Lipinski definition) is 3. The van der Waals surface area contributed by atoms with Gasteiger partial charge in [0.25, 0.3) is 0 Å². The summed E-state index contributed by atoms with van der Waals surface area (Å²) in [6.45, 7) is 5.29. The van der Waals surface area contributed by atoms with E-state index in [9.17, 15) is 22.8 Å². The van der Waals surface area contributed by atoms with E-state index in [0.29, 0.717) is 0 Å². The van der Waals surface area contributed by atoms with Gasteiger partial charge in [-0.3, -0.25) is 4.79 Å². The molecule has 0 fully saturated rings. The van der Waals surface area contributed by atoms with Gasteiger partial charge in [-0.15, -0.1) is 0 Å². The van der Waals surface area contributed by atoms with Crippen LogP contribution in [0.3, 0.4) is 0 Å². The Hall–Kier alpha value is -2.05. The summed E-state index contributed by atoms with van der Waals surface area (Å²) in [7, 11) is 0. The molecule has 23 heavy (non-hydrogen) atoms. The Bertz CT molecular complexity index is 562. The van der Waals surface area contributed by atoms with Crippen molar-refractivity contribution in [2.75, 3.05) is 6.54 Å². The third-order valence-corrected chi connectivity index (χ3v) is 2.78. The van der Waals surface area contributed by atoms with Crippen LogP contribution in [-0.4, -0.2) is 24.0 Å². The SMILES string of the molecule is CC(C)(C)OC(=O)NCCCC(=O)c1ccccc1C(F)(F)F. The minimum Gasteiger partial charge on any atom is -0.444 e. The van der Waals surface area contributed by atoms with E-state index in [4.69, 9.17) is 4.74 Å². The largest absolute Gasteiger partial charge is 0.444 e. The van der Waals surface area contributed by atoms with Crippen molar-refractivity contribution in [3.63, 3.8) is 0 Å².